The molecule has 2 atom stereocenters. The van der Waals surface area contributed by atoms with Crippen LogP contribution in [-0.2, 0) is 9.59 Å². The number of nitrogens with one attached hydrogen (secondary N) is 1. The van der Waals surface area contributed by atoms with Crippen molar-refractivity contribution >= 4 is 28.3 Å². The lowest BCUT2D eigenvalue weighted by atomic mass is 9.84. The molecule has 2 heterocycles. The first-order chi connectivity index (χ1) is 11.6. The number of carbonyl (C=O) groups excluding carboxylic acids is 2. The summed E-state index contributed by atoms with van der Waals surface area (Å²) in [6.45, 7) is 0. The second-order valence-corrected chi connectivity index (χ2v) is 6.59. The highest BCUT2D eigenvalue weighted by atomic mass is 32.1. The van der Waals surface area contributed by atoms with E-state index < -0.39 is 0 Å². The van der Waals surface area contributed by atoms with Gasteiger partial charge in [0, 0.05) is 25.0 Å². The van der Waals surface area contributed by atoms with Crippen molar-refractivity contribution in [1.29, 1.82) is 0 Å². The minimum Gasteiger partial charge on any atom is -0.497 e. The molecule has 126 valence electrons. The molecular weight excluding hydrogens is 326 g/mol. The summed E-state index contributed by atoms with van der Waals surface area (Å²) in [6.07, 6.45) is 2.55. The summed E-state index contributed by atoms with van der Waals surface area (Å²) in [5, 5.41) is 5.24. The summed E-state index contributed by atoms with van der Waals surface area (Å²) in [7, 11) is 3.36. The zero-order chi connectivity index (χ0) is 17.1. The summed E-state index contributed by atoms with van der Waals surface area (Å²) < 4.78 is 5.18. The number of rotatable bonds is 4. The van der Waals surface area contributed by atoms with Crippen LogP contribution < -0.4 is 10.1 Å². The van der Waals surface area contributed by atoms with Gasteiger partial charge in [0.25, 0.3) is 0 Å². The fourth-order valence-corrected chi connectivity index (χ4v) is 3.58. The van der Waals surface area contributed by atoms with E-state index >= 15 is 0 Å². The van der Waals surface area contributed by atoms with Gasteiger partial charge in [0.15, 0.2) is 5.13 Å². The lowest BCUT2D eigenvalue weighted by Gasteiger charge is -2.38. The van der Waals surface area contributed by atoms with Crippen molar-refractivity contribution in [3.8, 4) is 5.75 Å². The van der Waals surface area contributed by atoms with Crippen LogP contribution in [0.25, 0.3) is 0 Å². The zero-order valence-corrected chi connectivity index (χ0v) is 14.4. The van der Waals surface area contributed by atoms with E-state index in [-0.39, 0.29) is 23.8 Å². The first-order valence-corrected chi connectivity index (χ1v) is 8.58. The minimum absolute atomic E-state index is 0.0501. The van der Waals surface area contributed by atoms with Crippen LogP contribution in [0.1, 0.15) is 24.4 Å². The molecule has 0 aliphatic carbocycles. The number of hydrogen-bond acceptors (Lipinski definition) is 5. The van der Waals surface area contributed by atoms with E-state index in [1.54, 1.807) is 25.3 Å². The second-order valence-electron chi connectivity index (χ2n) is 5.69. The predicted molar refractivity (Wildman–Crippen MR) is 92.0 cm³/mol. The predicted octanol–water partition coefficient (Wildman–Crippen LogP) is 2.70. The molecule has 0 bridgehead atoms. The normalized spacial score (nSPS) is 20.8. The van der Waals surface area contributed by atoms with E-state index in [0.717, 1.165) is 11.3 Å². The Morgan fingerprint density at radius 2 is 2.12 bits per heavy atom. The van der Waals surface area contributed by atoms with Gasteiger partial charge in [-0.3, -0.25) is 9.59 Å². The minimum atomic E-state index is -0.315. The van der Waals surface area contributed by atoms with Gasteiger partial charge in [-0.05, 0) is 24.1 Å². The first kappa shape index (κ1) is 16.4. The first-order valence-electron chi connectivity index (χ1n) is 7.70. The Hall–Kier alpha value is -2.41. The Bertz CT molecular complexity index is 715. The van der Waals surface area contributed by atoms with Crippen LogP contribution >= 0.6 is 11.3 Å². The molecule has 1 aliphatic heterocycles. The van der Waals surface area contributed by atoms with Crippen LogP contribution in [0.5, 0.6) is 5.75 Å². The third-order valence-electron chi connectivity index (χ3n) is 4.32. The van der Waals surface area contributed by atoms with Gasteiger partial charge in [0.05, 0.1) is 19.1 Å². The molecule has 1 aliphatic rings. The molecule has 24 heavy (non-hydrogen) atoms. The molecule has 0 spiro atoms. The number of ether oxygens (including phenoxy) is 1. The molecular formula is C17H19N3O3S. The van der Waals surface area contributed by atoms with Crippen LogP contribution in [0.3, 0.4) is 0 Å². The van der Waals surface area contributed by atoms with Gasteiger partial charge >= 0.3 is 0 Å². The lowest BCUT2D eigenvalue weighted by molar-refractivity contribution is -0.140. The van der Waals surface area contributed by atoms with Gasteiger partial charge in [-0.1, -0.05) is 12.1 Å². The SMILES string of the molecule is COc1ccc(C2C(C(=O)Nc3nccs3)CCC(=O)N2C)cc1. The maximum Gasteiger partial charge on any atom is 0.231 e. The average Bonchev–Trinajstić information content (AvgIpc) is 3.10. The smallest absolute Gasteiger partial charge is 0.231 e. The topological polar surface area (TPSA) is 71.5 Å². The van der Waals surface area contributed by atoms with Crippen molar-refractivity contribution in [3.63, 3.8) is 0 Å². The second kappa shape index (κ2) is 7.00. The molecule has 2 amide bonds. The summed E-state index contributed by atoms with van der Waals surface area (Å²) in [4.78, 5) is 30.6. The maximum absolute atomic E-state index is 12.7. The summed E-state index contributed by atoms with van der Waals surface area (Å²) in [6, 6.07) is 7.21. The average molecular weight is 345 g/mol. The molecule has 1 saturated heterocycles. The number of methoxy groups -OCH3 is 1. The third kappa shape index (κ3) is 3.26. The number of thiazole rings is 1. The highest BCUT2D eigenvalue weighted by molar-refractivity contribution is 7.13. The Kier molecular flexibility index (Phi) is 4.80. The summed E-state index contributed by atoms with van der Waals surface area (Å²) >= 11 is 1.38. The van der Waals surface area contributed by atoms with Crippen molar-refractivity contribution in [3.05, 3.63) is 41.4 Å². The molecule has 0 saturated carbocycles. The third-order valence-corrected chi connectivity index (χ3v) is 5.01. The van der Waals surface area contributed by atoms with E-state index in [1.807, 2.05) is 29.6 Å². The molecule has 3 rings (SSSR count). The van der Waals surface area contributed by atoms with Gasteiger partial charge in [-0.25, -0.2) is 4.98 Å². The Labute approximate surface area is 144 Å². The molecule has 1 N–H and O–H groups in total. The van der Waals surface area contributed by atoms with Crippen molar-refractivity contribution in [1.82, 2.24) is 9.88 Å². The number of hydrogen-bond donors (Lipinski definition) is 1. The number of likely N-dealkylation sites (tertiary alicyclic amines) is 1. The van der Waals surface area contributed by atoms with Crippen molar-refractivity contribution in [2.45, 2.75) is 18.9 Å². The number of carbonyl (C=O) groups is 2. The summed E-state index contributed by atoms with van der Waals surface area (Å²) in [5.74, 6) is 0.372. The van der Waals surface area contributed by atoms with Crippen LogP contribution in [0.2, 0.25) is 0 Å². The van der Waals surface area contributed by atoms with E-state index in [2.05, 4.69) is 10.3 Å². The van der Waals surface area contributed by atoms with Crippen molar-refractivity contribution in [2.75, 3.05) is 19.5 Å². The molecule has 1 aromatic carbocycles. The molecule has 6 nitrogen and oxygen atoms in total. The largest absolute Gasteiger partial charge is 0.497 e. The van der Waals surface area contributed by atoms with E-state index in [0.29, 0.717) is 18.0 Å². The van der Waals surface area contributed by atoms with Gasteiger partial charge in [-0.15, -0.1) is 11.3 Å². The van der Waals surface area contributed by atoms with Crippen LogP contribution in [0.15, 0.2) is 35.8 Å². The van der Waals surface area contributed by atoms with E-state index in [1.165, 1.54) is 11.3 Å². The van der Waals surface area contributed by atoms with E-state index in [9.17, 15) is 9.59 Å². The van der Waals surface area contributed by atoms with Gasteiger partial charge in [-0.2, -0.15) is 0 Å². The monoisotopic (exact) mass is 345 g/mol. The van der Waals surface area contributed by atoms with Gasteiger partial charge in [0.2, 0.25) is 11.8 Å². The fraction of sp³-hybridized carbons (Fsp3) is 0.353. The molecule has 7 heteroatoms. The lowest BCUT2D eigenvalue weighted by Crippen LogP contribution is -2.44. The molecule has 0 radical (unpaired) electrons. The number of anilines is 1. The maximum atomic E-state index is 12.7. The number of amides is 2. The fourth-order valence-electron chi connectivity index (χ4n) is 3.05. The Morgan fingerprint density at radius 1 is 1.38 bits per heavy atom. The van der Waals surface area contributed by atoms with Crippen molar-refractivity contribution < 1.29 is 14.3 Å². The quantitative estimate of drug-likeness (QED) is 0.925. The van der Waals surface area contributed by atoms with E-state index in [4.69, 9.17) is 4.74 Å². The van der Waals surface area contributed by atoms with Crippen molar-refractivity contribution in [2.24, 2.45) is 5.92 Å². The number of benzene rings is 1. The van der Waals surface area contributed by atoms with Crippen LogP contribution in [-0.4, -0.2) is 35.9 Å². The Morgan fingerprint density at radius 3 is 2.75 bits per heavy atom. The van der Waals surface area contributed by atoms with Gasteiger partial charge in [0.1, 0.15) is 5.75 Å². The summed E-state index contributed by atoms with van der Waals surface area (Å²) in [5.41, 5.74) is 0.922. The standard InChI is InChI=1S/C17H19N3O3S/c1-20-14(21)8-7-13(16(22)19-17-18-9-10-24-17)15(20)11-3-5-12(23-2)6-4-11/h3-6,9-10,13,15H,7-8H2,1-2H3,(H,18,19,22). The zero-order valence-electron chi connectivity index (χ0n) is 13.6. The molecule has 1 fully saturated rings. The molecule has 2 aromatic rings. The Balaban J connectivity index is 1.87. The van der Waals surface area contributed by atoms with Crippen LogP contribution in [0.4, 0.5) is 5.13 Å². The highest BCUT2D eigenvalue weighted by Gasteiger charge is 2.39. The van der Waals surface area contributed by atoms with Gasteiger partial charge < -0.3 is 15.0 Å². The van der Waals surface area contributed by atoms with Crippen LogP contribution in [0, 0.1) is 5.92 Å². The highest BCUT2D eigenvalue weighted by Crippen LogP contribution is 2.37. The molecule has 1 aromatic heterocycles. The molecule has 2 unspecified atom stereocenters. The number of nitrogens with zero attached hydrogens (tertiary/aromatic N) is 2. The number of aromatic nitrogens is 1. The number of piperidine rings is 1.